The summed E-state index contributed by atoms with van der Waals surface area (Å²) >= 11 is 9.19. The monoisotopic (exact) mass is 314 g/mol. The summed E-state index contributed by atoms with van der Waals surface area (Å²) in [5.74, 6) is -0.151. The van der Waals surface area contributed by atoms with Gasteiger partial charge in [0.15, 0.2) is 6.39 Å². The number of carbonyl (C=O) groups excluding carboxylic acids is 1. The molecule has 1 amide bonds. The molecule has 1 aromatic carbocycles. The van der Waals surface area contributed by atoms with E-state index in [1.165, 1.54) is 6.39 Å². The number of carbonyl (C=O) groups is 1. The van der Waals surface area contributed by atoms with E-state index in [2.05, 4.69) is 26.2 Å². The molecular weight excluding hydrogens is 307 g/mol. The van der Waals surface area contributed by atoms with E-state index in [1.54, 1.807) is 25.1 Å². The maximum absolute atomic E-state index is 11.8. The average Bonchev–Trinajstić information content (AvgIpc) is 2.70. The summed E-state index contributed by atoms with van der Waals surface area (Å²) in [5.41, 5.74) is 1.14. The van der Waals surface area contributed by atoms with Gasteiger partial charge in [0.05, 0.1) is 10.7 Å². The molecule has 0 aliphatic rings. The lowest BCUT2D eigenvalue weighted by molar-refractivity contribution is 0.0996. The topological polar surface area (TPSA) is 55.1 Å². The number of benzene rings is 1. The Kier molecular flexibility index (Phi) is 3.49. The Labute approximate surface area is 111 Å². The van der Waals surface area contributed by atoms with E-state index >= 15 is 0 Å². The second-order valence-electron chi connectivity index (χ2n) is 3.35. The molecule has 0 spiro atoms. The number of aryl methyl sites for hydroxylation is 1. The minimum atomic E-state index is -0.349. The van der Waals surface area contributed by atoms with Gasteiger partial charge in [-0.1, -0.05) is 11.6 Å². The van der Waals surface area contributed by atoms with E-state index in [9.17, 15) is 4.79 Å². The second kappa shape index (κ2) is 4.89. The number of halogens is 2. The Balaban J connectivity index is 2.19. The maximum atomic E-state index is 11.8. The first kappa shape index (κ1) is 12.1. The van der Waals surface area contributed by atoms with Crippen LogP contribution in [0.3, 0.4) is 0 Å². The Morgan fingerprint density at radius 3 is 2.88 bits per heavy atom. The zero-order valence-corrected chi connectivity index (χ0v) is 11.2. The van der Waals surface area contributed by atoms with Gasteiger partial charge in [-0.15, -0.1) is 0 Å². The van der Waals surface area contributed by atoms with Crippen LogP contribution in [-0.2, 0) is 0 Å². The molecule has 88 valence electrons. The van der Waals surface area contributed by atoms with E-state index < -0.39 is 0 Å². The molecule has 0 bridgehead atoms. The molecule has 0 atom stereocenters. The van der Waals surface area contributed by atoms with E-state index in [4.69, 9.17) is 16.0 Å². The molecule has 0 unspecified atom stereocenters. The van der Waals surface area contributed by atoms with Crippen molar-refractivity contribution in [2.24, 2.45) is 0 Å². The van der Waals surface area contributed by atoms with Crippen LogP contribution in [0, 0.1) is 6.92 Å². The molecule has 6 heteroatoms. The lowest BCUT2D eigenvalue weighted by Gasteiger charge is -2.04. The van der Waals surface area contributed by atoms with Crippen molar-refractivity contribution < 1.29 is 9.21 Å². The number of hydrogen-bond acceptors (Lipinski definition) is 3. The molecule has 4 nitrogen and oxygen atoms in total. The third kappa shape index (κ3) is 2.68. The Hall–Kier alpha value is -1.33. The van der Waals surface area contributed by atoms with Crippen LogP contribution in [0.15, 0.2) is 33.5 Å². The van der Waals surface area contributed by atoms with Crippen LogP contribution in [0.5, 0.6) is 0 Å². The summed E-state index contributed by atoms with van der Waals surface area (Å²) in [4.78, 5) is 15.6. The molecule has 0 saturated heterocycles. The zero-order valence-electron chi connectivity index (χ0n) is 8.83. The lowest BCUT2D eigenvalue weighted by Crippen LogP contribution is -2.12. The fourth-order valence-electron chi connectivity index (χ4n) is 1.28. The zero-order chi connectivity index (χ0) is 12.4. The fraction of sp³-hybridized carbons (Fsp3) is 0.0909. The Bertz CT molecular complexity index is 568. The molecule has 1 heterocycles. The maximum Gasteiger partial charge on any atom is 0.293 e. The number of oxazole rings is 1. The minimum absolute atomic E-state index is 0.198. The molecule has 0 saturated carbocycles. The van der Waals surface area contributed by atoms with Gasteiger partial charge in [-0.05, 0) is 41.1 Å². The highest BCUT2D eigenvalue weighted by Crippen LogP contribution is 2.25. The fourth-order valence-corrected chi connectivity index (χ4v) is 1.71. The summed E-state index contributed by atoms with van der Waals surface area (Å²) in [7, 11) is 0. The van der Waals surface area contributed by atoms with E-state index in [0.717, 1.165) is 4.47 Å². The Morgan fingerprint density at radius 1 is 1.53 bits per heavy atom. The van der Waals surface area contributed by atoms with Gasteiger partial charge in [0.25, 0.3) is 5.91 Å². The van der Waals surface area contributed by atoms with Crippen molar-refractivity contribution in [1.82, 2.24) is 4.98 Å². The number of aromatic nitrogens is 1. The van der Waals surface area contributed by atoms with E-state index in [-0.39, 0.29) is 11.7 Å². The predicted octanol–water partition coefficient (Wildman–Crippen LogP) is 3.65. The summed E-state index contributed by atoms with van der Waals surface area (Å²) in [6, 6.07) is 5.14. The number of rotatable bonds is 2. The summed E-state index contributed by atoms with van der Waals surface area (Å²) in [6.45, 7) is 1.70. The van der Waals surface area contributed by atoms with E-state index in [0.29, 0.717) is 16.4 Å². The summed E-state index contributed by atoms with van der Waals surface area (Å²) in [5, 5.41) is 3.20. The first-order valence-electron chi connectivity index (χ1n) is 4.74. The van der Waals surface area contributed by atoms with Crippen LogP contribution in [0.25, 0.3) is 0 Å². The van der Waals surface area contributed by atoms with Gasteiger partial charge in [0.2, 0.25) is 5.76 Å². The van der Waals surface area contributed by atoms with Gasteiger partial charge in [0.1, 0.15) is 0 Å². The van der Waals surface area contributed by atoms with Crippen molar-refractivity contribution in [3.05, 3.63) is 45.5 Å². The van der Waals surface area contributed by atoms with Gasteiger partial charge < -0.3 is 9.73 Å². The smallest absolute Gasteiger partial charge is 0.293 e. The third-order valence-electron chi connectivity index (χ3n) is 2.13. The van der Waals surface area contributed by atoms with Crippen molar-refractivity contribution in [3.8, 4) is 0 Å². The summed E-state index contributed by atoms with van der Waals surface area (Å²) < 4.78 is 5.76. The molecule has 1 aromatic heterocycles. The lowest BCUT2D eigenvalue weighted by atomic mass is 10.3. The quantitative estimate of drug-likeness (QED) is 0.920. The first-order chi connectivity index (χ1) is 8.08. The third-order valence-corrected chi connectivity index (χ3v) is 3.36. The molecule has 0 fully saturated rings. The van der Waals surface area contributed by atoms with Crippen molar-refractivity contribution in [2.75, 3.05) is 5.32 Å². The number of nitrogens with one attached hydrogen (secondary N) is 1. The van der Waals surface area contributed by atoms with Crippen molar-refractivity contribution in [2.45, 2.75) is 6.92 Å². The molecule has 17 heavy (non-hydrogen) atoms. The number of hydrogen-bond donors (Lipinski definition) is 1. The number of amides is 1. The van der Waals surface area contributed by atoms with Gasteiger partial charge in [0, 0.05) is 10.2 Å². The first-order valence-corrected chi connectivity index (χ1v) is 5.91. The predicted molar refractivity (Wildman–Crippen MR) is 68.3 cm³/mol. The molecule has 0 radical (unpaired) electrons. The van der Waals surface area contributed by atoms with Crippen LogP contribution < -0.4 is 5.32 Å². The normalized spacial score (nSPS) is 10.3. The SMILES string of the molecule is Cc1ncoc1C(=O)Nc1ccc(Br)c(Cl)c1. The average molecular weight is 316 g/mol. The Morgan fingerprint density at radius 2 is 2.29 bits per heavy atom. The van der Waals surface area contributed by atoms with Crippen molar-refractivity contribution >= 4 is 39.1 Å². The van der Waals surface area contributed by atoms with E-state index in [1.807, 2.05) is 0 Å². The van der Waals surface area contributed by atoms with Crippen molar-refractivity contribution in [3.63, 3.8) is 0 Å². The highest BCUT2D eigenvalue weighted by molar-refractivity contribution is 9.10. The highest BCUT2D eigenvalue weighted by atomic mass is 79.9. The number of nitrogens with zero attached hydrogens (tertiary/aromatic N) is 1. The van der Waals surface area contributed by atoms with Crippen molar-refractivity contribution in [1.29, 1.82) is 0 Å². The number of anilines is 1. The van der Waals surface area contributed by atoms with Crippen LogP contribution in [0.4, 0.5) is 5.69 Å². The summed E-state index contributed by atoms with van der Waals surface area (Å²) in [6.07, 6.45) is 1.23. The largest absolute Gasteiger partial charge is 0.438 e. The van der Waals surface area contributed by atoms with Gasteiger partial charge in [-0.2, -0.15) is 0 Å². The minimum Gasteiger partial charge on any atom is -0.438 e. The van der Waals surface area contributed by atoms with Gasteiger partial charge in [-0.3, -0.25) is 4.79 Å². The molecule has 2 rings (SSSR count). The van der Waals surface area contributed by atoms with Crippen LogP contribution in [-0.4, -0.2) is 10.9 Å². The van der Waals surface area contributed by atoms with Crippen LogP contribution >= 0.6 is 27.5 Å². The van der Waals surface area contributed by atoms with Crippen LogP contribution in [0.2, 0.25) is 5.02 Å². The molecule has 0 aliphatic heterocycles. The van der Waals surface area contributed by atoms with Gasteiger partial charge in [-0.25, -0.2) is 4.98 Å². The molecule has 1 N–H and O–H groups in total. The van der Waals surface area contributed by atoms with Crippen LogP contribution in [0.1, 0.15) is 16.2 Å². The second-order valence-corrected chi connectivity index (χ2v) is 4.61. The highest BCUT2D eigenvalue weighted by Gasteiger charge is 2.14. The van der Waals surface area contributed by atoms with Gasteiger partial charge >= 0.3 is 0 Å². The molecule has 0 aliphatic carbocycles. The standard InChI is InChI=1S/C11H8BrClN2O2/c1-6-10(17-5-14-6)11(16)15-7-2-3-8(12)9(13)4-7/h2-5H,1H3,(H,15,16). The molecule has 2 aromatic rings. The molecular formula is C11H8BrClN2O2.